The zero-order valence-corrected chi connectivity index (χ0v) is 14.3. The summed E-state index contributed by atoms with van der Waals surface area (Å²) in [5.74, 6) is 0.667. The Labute approximate surface area is 143 Å². The highest BCUT2D eigenvalue weighted by Crippen LogP contribution is 2.34. The number of aryl methyl sites for hydroxylation is 1. The lowest BCUT2D eigenvalue weighted by molar-refractivity contribution is -0.131. The fraction of sp³-hybridized carbons (Fsp3) is 0.467. The summed E-state index contributed by atoms with van der Waals surface area (Å²) in [6, 6.07) is 7.28. The number of rotatable bonds is 7. The minimum Gasteiger partial charge on any atom is -0.425 e. The van der Waals surface area contributed by atoms with Gasteiger partial charge in [-0.15, -0.1) is 35.0 Å². The number of Topliss-reactive ketones (excluding diaryl/α,β-unsaturated/α-hetero) is 1. The fourth-order valence-corrected chi connectivity index (χ4v) is 3.98. The molecular formula is C15H17Cl2NO3S. The Kier molecular flexibility index (Phi) is 6.56. The maximum absolute atomic E-state index is 12.1. The molecular weight excluding hydrogens is 345 g/mol. The molecule has 0 spiro atoms. The van der Waals surface area contributed by atoms with E-state index < -0.39 is 10.8 Å². The summed E-state index contributed by atoms with van der Waals surface area (Å²) in [6.07, 6.45) is 1.20. The molecule has 0 bridgehead atoms. The number of alkyl halides is 2. The van der Waals surface area contributed by atoms with Gasteiger partial charge in [-0.1, -0.05) is 18.2 Å². The molecule has 1 saturated heterocycles. The molecule has 120 valence electrons. The van der Waals surface area contributed by atoms with E-state index in [1.807, 2.05) is 12.1 Å². The molecule has 1 aliphatic heterocycles. The molecule has 1 N–H and O–H groups in total. The van der Waals surface area contributed by atoms with Crippen LogP contribution in [0.25, 0.3) is 0 Å². The minimum atomic E-state index is -0.634. The smallest absolute Gasteiger partial charge is 0.326 e. The van der Waals surface area contributed by atoms with E-state index >= 15 is 0 Å². The van der Waals surface area contributed by atoms with Crippen LogP contribution in [0, 0.1) is 0 Å². The fourth-order valence-electron chi connectivity index (χ4n) is 2.39. The summed E-state index contributed by atoms with van der Waals surface area (Å²) in [5, 5.41) is 3.26. The van der Waals surface area contributed by atoms with Crippen molar-refractivity contribution in [2.45, 2.75) is 17.7 Å². The van der Waals surface area contributed by atoms with Gasteiger partial charge in [0.2, 0.25) is 0 Å². The quantitative estimate of drug-likeness (QED) is 0.459. The summed E-state index contributed by atoms with van der Waals surface area (Å²) in [5.41, 5.74) is 0.872. The first-order chi connectivity index (χ1) is 10.6. The zero-order valence-electron chi connectivity index (χ0n) is 11.9. The number of ether oxygens (including phenoxy) is 1. The van der Waals surface area contributed by atoms with Gasteiger partial charge in [-0.25, -0.2) is 0 Å². The van der Waals surface area contributed by atoms with Gasteiger partial charge in [-0.05, 0) is 24.5 Å². The number of benzene rings is 1. The molecule has 0 aliphatic carbocycles. The van der Waals surface area contributed by atoms with Crippen molar-refractivity contribution in [3.63, 3.8) is 0 Å². The van der Waals surface area contributed by atoms with E-state index in [4.69, 9.17) is 27.9 Å². The molecule has 1 fully saturated rings. The highest BCUT2D eigenvalue weighted by molar-refractivity contribution is 8.01. The van der Waals surface area contributed by atoms with Gasteiger partial charge >= 0.3 is 5.97 Å². The second kappa shape index (κ2) is 8.20. The van der Waals surface area contributed by atoms with E-state index in [1.165, 1.54) is 0 Å². The predicted octanol–water partition coefficient (Wildman–Crippen LogP) is 2.60. The van der Waals surface area contributed by atoms with Crippen molar-refractivity contribution in [2.24, 2.45) is 0 Å². The highest BCUT2D eigenvalue weighted by Gasteiger charge is 2.40. The van der Waals surface area contributed by atoms with Gasteiger partial charge in [0.05, 0.1) is 5.88 Å². The van der Waals surface area contributed by atoms with Crippen LogP contribution in [0.15, 0.2) is 24.3 Å². The molecule has 2 rings (SSSR count). The molecule has 0 radical (unpaired) electrons. The normalized spacial score (nSPS) is 20.8. The molecule has 4 nitrogen and oxygen atoms in total. The van der Waals surface area contributed by atoms with Gasteiger partial charge in [0.25, 0.3) is 0 Å². The molecule has 1 heterocycles. The van der Waals surface area contributed by atoms with Crippen molar-refractivity contribution in [1.82, 2.24) is 5.32 Å². The van der Waals surface area contributed by atoms with E-state index in [0.29, 0.717) is 18.6 Å². The SMILES string of the molecule is O=C(CCl)Oc1ccccc1CCC1(C(=O)CCl)NCCS1. The highest BCUT2D eigenvalue weighted by atomic mass is 35.5. The molecule has 0 amide bonds. The van der Waals surface area contributed by atoms with Crippen LogP contribution in [-0.2, 0) is 16.0 Å². The maximum Gasteiger partial charge on any atom is 0.326 e. The maximum atomic E-state index is 12.1. The van der Waals surface area contributed by atoms with Crippen LogP contribution in [0.1, 0.15) is 12.0 Å². The topological polar surface area (TPSA) is 55.4 Å². The van der Waals surface area contributed by atoms with Gasteiger partial charge in [0.15, 0.2) is 5.78 Å². The number of nitrogens with one attached hydrogen (secondary N) is 1. The molecule has 1 unspecified atom stereocenters. The number of hydrogen-bond donors (Lipinski definition) is 1. The van der Waals surface area contributed by atoms with Crippen molar-refractivity contribution in [3.05, 3.63) is 29.8 Å². The Morgan fingerprint density at radius 3 is 2.68 bits per heavy atom. The molecule has 0 saturated carbocycles. The molecule has 1 atom stereocenters. The number of carbonyl (C=O) groups excluding carboxylic acids is 2. The Hall–Kier alpha value is -0.750. The summed E-state index contributed by atoms with van der Waals surface area (Å²) in [4.78, 5) is 22.9. The summed E-state index contributed by atoms with van der Waals surface area (Å²) in [7, 11) is 0. The number of hydrogen-bond acceptors (Lipinski definition) is 5. The molecule has 1 aromatic rings. The standard InChI is InChI=1S/C15H17Cl2NO3S/c16-9-13(19)15(18-7-8-22-15)6-5-11-3-1-2-4-12(11)21-14(20)10-17/h1-4,18H,5-10H2. The van der Waals surface area contributed by atoms with Crippen molar-refractivity contribution in [2.75, 3.05) is 24.1 Å². The number of carbonyl (C=O) groups is 2. The minimum absolute atomic E-state index is 0.00750. The van der Waals surface area contributed by atoms with Crippen molar-refractivity contribution in [3.8, 4) is 5.75 Å². The Morgan fingerprint density at radius 1 is 1.27 bits per heavy atom. The van der Waals surface area contributed by atoms with Gasteiger partial charge < -0.3 is 4.74 Å². The van der Waals surface area contributed by atoms with E-state index in [9.17, 15) is 9.59 Å². The lowest BCUT2D eigenvalue weighted by atomic mass is 10.0. The van der Waals surface area contributed by atoms with E-state index in [2.05, 4.69) is 5.32 Å². The Bertz CT molecular complexity index is 547. The average Bonchev–Trinajstić information content (AvgIpc) is 3.03. The Balaban J connectivity index is 2.10. The molecule has 0 aromatic heterocycles. The Morgan fingerprint density at radius 2 is 2.05 bits per heavy atom. The third-order valence-electron chi connectivity index (χ3n) is 3.48. The second-order valence-electron chi connectivity index (χ2n) is 4.87. The van der Waals surface area contributed by atoms with E-state index in [0.717, 1.165) is 17.9 Å². The van der Waals surface area contributed by atoms with E-state index in [1.54, 1.807) is 23.9 Å². The van der Waals surface area contributed by atoms with Gasteiger partial charge in [0.1, 0.15) is 16.5 Å². The first kappa shape index (κ1) is 17.6. The molecule has 1 aliphatic rings. The van der Waals surface area contributed by atoms with Crippen molar-refractivity contribution in [1.29, 1.82) is 0 Å². The van der Waals surface area contributed by atoms with Crippen molar-refractivity contribution < 1.29 is 14.3 Å². The van der Waals surface area contributed by atoms with Crippen LogP contribution >= 0.6 is 35.0 Å². The van der Waals surface area contributed by atoms with Crippen LogP contribution in [0.5, 0.6) is 5.75 Å². The number of thioether (sulfide) groups is 1. The van der Waals surface area contributed by atoms with Crippen LogP contribution in [-0.4, -0.2) is 40.7 Å². The van der Waals surface area contributed by atoms with Crippen LogP contribution in [0.3, 0.4) is 0 Å². The number of halogens is 2. The average molecular weight is 362 g/mol. The molecule has 22 heavy (non-hydrogen) atoms. The first-order valence-corrected chi connectivity index (χ1v) is 8.99. The third-order valence-corrected chi connectivity index (χ3v) is 5.42. The predicted molar refractivity (Wildman–Crippen MR) is 90.0 cm³/mol. The number of para-hydroxylation sites is 1. The lowest BCUT2D eigenvalue weighted by Gasteiger charge is -2.26. The van der Waals surface area contributed by atoms with Crippen molar-refractivity contribution >= 4 is 46.7 Å². The summed E-state index contributed by atoms with van der Waals surface area (Å²) >= 11 is 12.8. The zero-order chi connectivity index (χ0) is 16.0. The van der Waals surface area contributed by atoms with Crippen LogP contribution in [0.4, 0.5) is 0 Å². The number of esters is 1. The monoisotopic (exact) mass is 361 g/mol. The number of ketones is 1. The summed E-state index contributed by atoms with van der Waals surface area (Å²) in [6.45, 7) is 0.788. The van der Waals surface area contributed by atoms with Gasteiger partial charge in [0, 0.05) is 12.3 Å². The molecule has 7 heteroatoms. The first-order valence-electron chi connectivity index (χ1n) is 6.94. The third kappa shape index (κ3) is 4.16. The molecule has 1 aromatic carbocycles. The second-order valence-corrected chi connectivity index (χ2v) is 6.80. The van der Waals surface area contributed by atoms with E-state index in [-0.39, 0.29) is 17.5 Å². The van der Waals surface area contributed by atoms with Gasteiger partial charge in [-0.2, -0.15) is 0 Å². The lowest BCUT2D eigenvalue weighted by Crippen LogP contribution is -2.46. The van der Waals surface area contributed by atoms with Crippen LogP contribution < -0.4 is 10.1 Å². The summed E-state index contributed by atoms with van der Waals surface area (Å²) < 4.78 is 5.22. The van der Waals surface area contributed by atoms with Crippen LogP contribution in [0.2, 0.25) is 0 Å². The van der Waals surface area contributed by atoms with Gasteiger partial charge in [-0.3, -0.25) is 14.9 Å². The largest absolute Gasteiger partial charge is 0.425 e.